The minimum atomic E-state index is -0.952. The van der Waals surface area contributed by atoms with Crippen LogP contribution in [0.4, 0.5) is 4.79 Å². The van der Waals surface area contributed by atoms with Crippen LogP contribution in [0.2, 0.25) is 0 Å². The molecule has 0 radical (unpaired) electrons. The third kappa shape index (κ3) is 3.89. The lowest BCUT2D eigenvalue weighted by Gasteiger charge is -2.32. The Morgan fingerprint density at radius 1 is 1.60 bits per heavy atom. The van der Waals surface area contributed by atoms with E-state index in [4.69, 9.17) is 4.74 Å². The summed E-state index contributed by atoms with van der Waals surface area (Å²) in [5.74, 6) is -0.515. The second-order valence-corrected chi connectivity index (χ2v) is 5.68. The molecule has 0 saturated carbocycles. The topological polar surface area (TPSA) is 70.1 Å². The number of aliphatic carboxylic acids is 1. The van der Waals surface area contributed by atoms with Crippen molar-refractivity contribution < 1.29 is 19.4 Å². The fourth-order valence-corrected chi connectivity index (χ4v) is 3.45. The van der Waals surface area contributed by atoms with Crippen molar-refractivity contribution in [1.82, 2.24) is 9.80 Å². The van der Waals surface area contributed by atoms with Crippen molar-refractivity contribution in [2.75, 3.05) is 32.6 Å². The summed E-state index contributed by atoms with van der Waals surface area (Å²) in [6.45, 7) is 6.80. The molecule has 1 aliphatic rings. The monoisotopic (exact) mass is 302 g/mol. The van der Waals surface area contributed by atoms with E-state index >= 15 is 0 Å². The fraction of sp³-hybridized carbons (Fsp3) is 0.692. The summed E-state index contributed by atoms with van der Waals surface area (Å²) >= 11 is 1.52. The predicted molar refractivity (Wildman–Crippen MR) is 78.8 cm³/mol. The van der Waals surface area contributed by atoms with E-state index in [9.17, 15) is 14.7 Å². The van der Waals surface area contributed by atoms with Crippen molar-refractivity contribution in [3.05, 3.63) is 12.7 Å². The van der Waals surface area contributed by atoms with E-state index < -0.39 is 12.0 Å². The maximum Gasteiger partial charge on any atom is 0.327 e. The summed E-state index contributed by atoms with van der Waals surface area (Å²) in [5.41, 5.74) is 0. The van der Waals surface area contributed by atoms with E-state index in [0.29, 0.717) is 25.4 Å². The zero-order chi connectivity index (χ0) is 15.1. The lowest BCUT2D eigenvalue weighted by Crippen LogP contribution is -2.52. The Hall–Kier alpha value is -1.21. The normalized spacial score (nSPS) is 21.8. The first kappa shape index (κ1) is 16.8. The van der Waals surface area contributed by atoms with Gasteiger partial charge >= 0.3 is 12.0 Å². The third-order valence-electron chi connectivity index (χ3n) is 3.13. The molecule has 0 aromatic carbocycles. The van der Waals surface area contributed by atoms with Gasteiger partial charge in [0, 0.05) is 26.0 Å². The highest BCUT2D eigenvalue weighted by atomic mass is 32.2. The van der Waals surface area contributed by atoms with Crippen LogP contribution in [0.3, 0.4) is 0 Å². The van der Waals surface area contributed by atoms with Crippen molar-refractivity contribution in [2.24, 2.45) is 0 Å². The maximum absolute atomic E-state index is 12.6. The van der Waals surface area contributed by atoms with E-state index in [1.54, 1.807) is 18.1 Å². The van der Waals surface area contributed by atoms with Crippen LogP contribution in [0.5, 0.6) is 0 Å². The molecule has 2 unspecified atom stereocenters. The third-order valence-corrected chi connectivity index (χ3v) is 4.59. The van der Waals surface area contributed by atoms with Gasteiger partial charge in [-0.2, -0.15) is 0 Å². The molecule has 20 heavy (non-hydrogen) atoms. The minimum absolute atomic E-state index is 0.0848. The van der Waals surface area contributed by atoms with E-state index in [-0.39, 0.29) is 11.4 Å². The molecule has 7 heteroatoms. The molecule has 1 N–H and O–H groups in total. The number of hydrogen-bond donors (Lipinski definition) is 1. The number of carboxylic acids is 1. The Labute approximate surface area is 123 Å². The highest BCUT2D eigenvalue weighted by Gasteiger charge is 2.42. The quantitative estimate of drug-likeness (QED) is 0.721. The molecule has 2 amide bonds. The zero-order valence-electron chi connectivity index (χ0n) is 11.9. The summed E-state index contributed by atoms with van der Waals surface area (Å²) in [4.78, 5) is 26.9. The first-order chi connectivity index (χ1) is 9.56. The van der Waals surface area contributed by atoms with Gasteiger partial charge < -0.3 is 14.7 Å². The molecule has 6 nitrogen and oxygen atoms in total. The number of carbonyl (C=O) groups is 2. The first-order valence-corrected chi connectivity index (χ1v) is 7.63. The number of nitrogens with zero attached hydrogens (tertiary/aromatic N) is 2. The highest BCUT2D eigenvalue weighted by Crippen LogP contribution is 2.32. The van der Waals surface area contributed by atoms with Gasteiger partial charge in [-0.15, -0.1) is 18.3 Å². The molecular weight excluding hydrogens is 280 g/mol. The van der Waals surface area contributed by atoms with Crippen LogP contribution in [0.25, 0.3) is 0 Å². The van der Waals surface area contributed by atoms with Crippen LogP contribution in [-0.2, 0) is 9.53 Å². The number of ether oxygens (including phenoxy) is 1. The molecule has 0 aromatic heterocycles. The van der Waals surface area contributed by atoms with Crippen LogP contribution in [0.15, 0.2) is 12.7 Å². The summed E-state index contributed by atoms with van der Waals surface area (Å²) in [7, 11) is 1.57. The predicted octanol–water partition coefficient (Wildman–Crippen LogP) is 1.48. The number of hydrogen-bond acceptors (Lipinski definition) is 4. The summed E-state index contributed by atoms with van der Waals surface area (Å²) in [6, 6.07) is -1.02. The van der Waals surface area contributed by atoms with Crippen LogP contribution >= 0.6 is 11.8 Å². The zero-order valence-corrected chi connectivity index (χ0v) is 12.8. The summed E-state index contributed by atoms with van der Waals surface area (Å²) in [6.07, 6.45) is 2.36. The van der Waals surface area contributed by atoms with E-state index in [0.717, 1.165) is 6.42 Å². The van der Waals surface area contributed by atoms with Gasteiger partial charge in [0.05, 0.1) is 12.0 Å². The van der Waals surface area contributed by atoms with E-state index in [1.807, 2.05) is 6.92 Å². The Bertz CT molecular complexity index is 364. The summed E-state index contributed by atoms with van der Waals surface area (Å²) in [5, 5.41) is 9.18. The lowest BCUT2D eigenvalue weighted by molar-refractivity contribution is -0.141. The highest BCUT2D eigenvalue weighted by molar-refractivity contribution is 8.00. The van der Waals surface area contributed by atoms with Crippen LogP contribution in [0, 0.1) is 0 Å². The average molecular weight is 302 g/mol. The van der Waals surface area contributed by atoms with Crippen molar-refractivity contribution in [3.8, 4) is 0 Å². The van der Waals surface area contributed by atoms with Crippen LogP contribution in [-0.4, -0.2) is 70.9 Å². The van der Waals surface area contributed by atoms with Gasteiger partial charge in [0.25, 0.3) is 0 Å². The molecule has 0 aliphatic carbocycles. The molecule has 0 bridgehead atoms. The maximum atomic E-state index is 12.6. The fourth-order valence-electron chi connectivity index (χ4n) is 2.11. The largest absolute Gasteiger partial charge is 0.480 e. The van der Waals surface area contributed by atoms with Crippen molar-refractivity contribution in [3.63, 3.8) is 0 Å². The summed E-state index contributed by atoms with van der Waals surface area (Å²) < 4.78 is 4.99. The number of methoxy groups -OCH3 is 1. The number of rotatable bonds is 7. The minimum Gasteiger partial charge on any atom is -0.480 e. The smallest absolute Gasteiger partial charge is 0.327 e. The number of thioether (sulfide) groups is 1. The Kier molecular flexibility index (Phi) is 6.87. The molecule has 2 atom stereocenters. The van der Waals surface area contributed by atoms with E-state index in [2.05, 4.69) is 6.58 Å². The van der Waals surface area contributed by atoms with Crippen molar-refractivity contribution in [2.45, 2.75) is 24.8 Å². The SMILES string of the molecule is C=CCN(CCOC)C(=O)N1C(CC)SCC1C(=O)O. The van der Waals surface area contributed by atoms with Gasteiger partial charge in [0.15, 0.2) is 0 Å². The van der Waals surface area contributed by atoms with Gasteiger partial charge in [0.1, 0.15) is 6.04 Å². The van der Waals surface area contributed by atoms with E-state index in [1.165, 1.54) is 16.7 Å². The number of amides is 2. The molecule has 1 heterocycles. The molecule has 1 saturated heterocycles. The second kappa shape index (κ2) is 8.16. The molecular formula is C13H22N2O4S. The van der Waals surface area contributed by atoms with Crippen LogP contribution in [0.1, 0.15) is 13.3 Å². The molecule has 0 aromatic rings. The second-order valence-electron chi connectivity index (χ2n) is 4.47. The lowest BCUT2D eigenvalue weighted by atomic mass is 10.2. The number of carboxylic acid groups (broad SMARTS) is 1. The Morgan fingerprint density at radius 3 is 2.80 bits per heavy atom. The standard InChI is InChI=1S/C13H22N2O4S/c1-4-6-14(7-8-19-3)13(18)15-10(12(16)17)9-20-11(15)5-2/h4,10-11H,1,5-9H2,2-3H3,(H,16,17). The average Bonchev–Trinajstić information content (AvgIpc) is 2.86. The molecule has 0 spiro atoms. The molecule has 1 rings (SSSR count). The van der Waals surface area contributed by atoms with Gasteiger partial charge in [-0.25, -0.2) is 9.59 Å². The first-order valence-electron chi connectivity index (χ1n) is 6.58. The number of urea groups is 1. The van der Waals surface area contributed by atoms with Crippen molar-refractivity contribution >= 4 is 23.8 Å². The van der Waals surface area contributed by atoms with Gasteiger partial charge in [-0.05, 0) is 6.42 Å². The van der Waals surface area contributed by atoms with Crippen molar-refractivity contribution in [1.29, 1.82) is 0 Å². The van der Waals surface area contributed by atoms with Gasteiger partial charge in [0.2, 0.25) is 0 Å². The Balaban J connectivity index is 2.86. The van der Waals surface area contributed by atoms with Crippen LogP contribution < -0.4 is 0 Å². The van der Waals surface area contributed by atoms with Gasteiger partial charge in [-0.1, -0.05) is 13.0 Å². The molecule has 114 valence electrons. The Morgan fingerprint density at radius 2 is 2.30 bits per heavy atom. The number of carbonyl (C=O) groups excluding carboxylic acids is 1. The molecule has 1 fully saturated rings. The van der Waals surface area contributed by atoms with Gasteiger partial charge in [-0.3, -0.25) is 4.90 Å². The molecule has 1 aliphatic heterocycles.